The zero-order valence-electron chi connectivity index (χ0n) is 22.6. The van der Waals surface area contributed by atoms with Crippen molar-refractivity contribution < 1.29 is 23.4 Å². The number of sulfone groups is 1. The molecule has 6 atom stereocenters. The first-order valence-corrected chi connectivity index (χ1v) is 15.4. The van der Waals surface area contributed by atoms with Crippen LogP contribution in [-0.4, -0.2) is 42.2 Å². The standard InChI is InChI=1S/C31H44O5S/c1-30(2,36-22-23-11-6-4-7-12-23)19-10-13-24(21-32)26-16-17-27-29(28(33)18-20-31(26,27)3)37(34,35)25-14-8-5-9-15-25/h4-9,11-12,14-15,24,26-29,32-33H,10,13,16-22H2,1-3H3/t24-,26+,27-,28+,29+,31+/m0/s1. The molecule has 5 nitrogen and oxygen atoms in total. The van der Waals surface area contributed by atoms with E-state index in [0.29, 0.717) is 17.9 Å². The highest BCUT2D eigenvalue weighted by Crippen LogP contribution is 2.60. The Kier molecular flexibility index (Phi) is 8.84. The summed E-state index contributed by atoms with van der Waals surface area (Å²) in [6.45, 7) is 7.15. The Morgan fingerprint density at radius 3 is 2.32 bits per heavy atom. The normalized spacial score (nSPS) is 29.1. The summed E-state index contributed by atoms with van der Waals surface area (Å²) >= 11 is 0. The van der Waals surface area contributed by atoms with Crippen LogP contribution >= 0.6 is 0 Å². The van der Waals surface area contributed by atoms with Gasteiger partial charge in [0.2, 0.25) is 0 Å². The minimum atomic E-state index is -3.65. The van der Waals surface area contributed by atoms with E-state index in [4.69, 9.17) is 4.74 Å². The molecule has 0 bridgehead atoms. The Hall–Kier alpha value is -1.73. The van der Waals surface area contributed by atoms with Crippen molar-refractivity contribution in [3.8, 4) is 0 Å². The summed E-state index contributed by atoms with van der Waals surface area (Å²) in [5.41, 5.74) is 0.688. The van der Waals surface area contributed by atoms with Crippen molar-refractivity contribution in [3.05, 3.63) is 66.2 Å². The Balaban J connectivity index is 1.41. The molecule has 0 unspecified atom stereocenters. The predicted octanol–water partition coefficient (Wildman–Crippen LogP) is 5.79. The SMILES string of the molecule is CC(C)(CCC[C@@H](CO)[C@H]1CC[C@H]2[C@@H](S(=O)(=O)c3ccccc3)[C@H](O)CC[C@]12C)OCc1ccccc1. The number of ether oxygens (including phenoxy) is 1. The van der Waals surface area contributed by atoms with Crippen LogP contribution in [0.25, 0.3) is 0 Å². The van der Waals surface area contributed by atoms with Gasteiger partial charge in [-0.3, -0.25) is 0 Å². The molecule has 4 rings (SSSR count). The lowest BCUT2D eigenvalue weighted by Crippen LogP contribution is -2.51. The van der Waals surface area contributed by atoms with E-state index in [2.05, 4.69) is 32.9 Å². The van der Waals surface area contributed by atoms with Crippen molar-refractivity contribution in [1.82, 2.24) is 0 Å². The zero-order valence-corrected chi connectivity index (χ0v) is 23.4. The molecule has 2 aliphatic rings. The van der Waals surface area contributed by atoms with Crippen molar-refractivity contribution in [2.75, 3.05) is 6.61 Å². The molecular formula is C31H44O5S. The third-order valence-corrected chi connectivity index (χ3v) is 11.6. The Morgan fingerprint density at radius 1 is 1.03 bits per heavy atom. The van der Waals surface area contributed by atoms with Gasteiger partial charge in [-0.15, -0.1) is 0 Å². The largest absolute Gasteiger partial charge is 0.396 e. The Bertz CT molecular complexity index is 1100. The molecule has 0 spiro atoms. The lowest BCUT2D eigenvalue weighted by atomic mass is 9.61. The first-order chi connectivity index (χ1) is 17.6. The number of rotatable bonds is 11. The second-order valence-electron chi connectivity index (χ2n) is 12.1. The zero-order chi connectivity index (χ0) is 26.7. The second kappa shape index (κ2) is 11.6. The summed E-state index contributed by atoms with van der Waals surface area (Å²) < 4.78 is 33.5. The van der Waals surface area contributed by atoms with Crippen LogP contribution in [-0.2, 0) is 21.2 Å². The summed E-state index contributed by atoms with van der Waals surface area (Å²) in [4.78, 5) is 0.295. The first-order valence-electron chi connectivity index (χ1n) is 13.8. The molecule has 2 fully saturated rings. The van der Waals surface area contributed by atoms with Crippen molar-refractivity contribution in [1.29, 1.82) is 0 Å². The highest BCUT2D eigenvalue weighted by atomic mass is 32.2. The fourth-order valence-corrected chi connectivity index (χ4v) is 9.47. The van der Waals surface area contributed by atoms with Crippen LogP contribution in [0.4, 0.5) is 0 Å². The number of fused-ring (bicyclic) bond motifs is 1. The maximum absolute atomic E-state index is 13.7. The minimum absolute atomic E-state index is 0.105. The third kappa shape index (κ3) is 6.13. The van der Waals surface area contributed by atoms with Gasteiger partial charge in [-0.1, -0.05) is 61.9 Å². The molecule has 204 valence electrons. The van der Waals surface area contributed by atoms with Crippen LogP contribution in [0.1, 0.15) is 71.3 Å². The van der Waals surface area contributed by atoms with Crippen LogP contribution in [0.15, 0.2) is 65.6 Å². The van der Waals surface area contributed by atoms with Crippen molar-refractivity contribution >= 4 is 9.84 Å². The van der Waals surface area contributed by atoms with Gasteiger partial charge in [-0.05, 0) is 93.2 Å². The monoisotopic (exact) mass is 528 g/mol. The van der Waals surface area contributed by atoms with Crippen molar-refractivity contribution in [2.45, 2.75) is 94.2 Å². The number of benzene rings is 2. The van der Waals surface area contributed by atoms with E-state index in [-0.39, 0.29) is 35.4 Å². The number of aliphatic hydroxyl groups excluding tert-OH is 2. The summed E-state index contributed by atoms with van der Waals surface area (Å²) in [7, 11) is -3.65. The van der Waals surface area contributed by atoms with E-state index >= 15 is 0 Å². The van der Waals surface area contributed by atoms with Gasteiger partial charge in [0, 0.05) is 6.61 Å². The molecule has 6 heteroatoms. The number of hydrogen-bond acceptors (Lipinski definition) is 5. The average molecular weight is 529 g/mol. The van der Waals surface area contributed by atoms with Gasteiger partial charge >= 0.3 is 0 Å². The van der Waals surface area contributed by atoms with E-state index in [1.54, 1.807) is 24.3 Å². The van der Waals surface area contributed by atoms with E-state index < -0.39 is 21.2 Å². The van der Waals surface area contributed by atoms with E-state index in [1.807, 2.05) is 24.3 Å². The average Bonchev–Trinajstić information content (AvgIpc) is 3.23. The molecule has 0 aromatic heterocycles. The van der Waals surface area contributed by atoms with Gasteiger partial charge in [0.25, 0.3) is 0 Å². The highest BCUT2D eigenvalue weighted by molar-refractivity contribution is 7.92. The molecule has 0 heterocycles. The van der Waals surface area contributed by atoms with Crippen molar-refractivity contribution in [3.63, 3.8) is 0 Å². The molecule has 37 heavy (non-hydrogen) atoms. The summed E-state index contributed by atoms with van der Waals surface area (Å²) in [6, 6.07) is 18.8. The second-order valence-corrected chi connectivity index (χ2v) is 14.2. The molecule has 0 aliphatic heterocycles. The van der Waals surface area contributed by atoms with Gasteiger partial charge in [0.15, 0.2) is 9.84 Å². The maximum Gasteiger partial charge on any atom is 0.184 e. The van der Waals surface area contributed by atoms with E-state index in [1.165, 1.54) is 0 Å². The molecule has 2 aliphatic carbocycles. The molecule has 2 aromatic rings. The van der Waals surface area contributed by atoms with E-state index in [9.17, 15) is 18.6 Å². The van der Waals surface area contributed by atoms with Gasteiger partial charge in [-0.25, -0.2) is 8.42 Å². The molecule has 2 saturated carbocycles. The summed E-state index contributed by atoms with van der Waals surface area (Å²) in [5, 5.41) is 20.6. The third-order valence-electron chi connectivity index (χ3n) is 9.30. The van der Waals surface area contributed by atoms with Crippen molar-refractivity contribution in [2.24, 2.45) is 23.2 Å². The van der Waals surface area contributed by atoms with Gasteiger partial charge in [-0.2, -0.15) is 0 Å². The fourth-order valence-electron chi connectivity index (χ4n) is 7.19. The molecule has 2 aromatic carbocycles. The Morgan fingerprint density at radius 2 is 1.68 bits per heavy atom. The van der Waals surface area contributed by atoms with Crippen LogP contribution in [0.3, 0.4) is 0 Å². The highest BCUT2D eigenvalue weighted by Gasteiger charge is 2.58. The van der Waals surface area contributed by atoms with Crippen LogP contribution in [0, 0.1) is 23.2 Å². The van der Waals surface area contributed by atoms with Gasteiger partial charge in [0.05, 0.1) is 28.5 Å². The van der Waals surface area contributed by atoms with Gasteiger partial charge in [0.1, 0.15) is 0 Å². The van der Waals surface area contributed by atoms with Crippen LogP contribution in [0.2, 0.25) is 0 Å². The summed E-state index contributed by atoms with van der Waals surface area (Å²) in [5.74, 6) is 0.262. The fraction of sp³-hybridized carbons (Fsp3) is 0.613. The molecule has 2 N–H and O–H groups in total. The predicted molar refractivity (Wildman–Crippen MR) is 147 cm³/mol. The topological polar surface area (TPSA) is 83.8 Å². The maximum atomic E-state index is 13.7. The molecule has 0 radical (unpaired) electrons. The lowest BCUT2D eigenvalue weighted by molar-refractivity contribution is -0.0402. The molecular weight excluding hydrogens is 484 g/mol. The quantitative estimate of drug-likeness (QED) is 0.386. The Labute approximate surface area is 223 Å². The summed E-state index contributed by atoms with van der Waals surface area (Å²) in [6.07, 6.45) is 4.83. The van der Waals surface area contributed by atoms with Gasteiger partial charge < -0.3 is 14.9 Å². The number of aliphatic hydroxyl groups is 2. The molecule has 0 amide bonds. The number of hydrogen-bond donors (Lipinski definition) is 2. The van der Waals surface area contributed by atoms with Crippen LogP contribution < -0.4 is 0 Å². The molecule has 0 saturated heterocycles. The smallest absolute Gasteiger partial charge is 0.184 e. The van der Waals surface area contributed by atoms with E-state index in [0.717, 1.165) is 44.1 Å². The minimum Gasteiger partial charge on any atom is -0.396 e. The van der Waals surface area contributed by atoms with Crippen LogP contribution in [0.5, 0.6) is 0 Å². The lowest BCUT2D eigenvalue weighted by Gasteiger charge is -2.48. The first kappa shape index (κ1) is 28.3.